The summed E-state index contributed by atoms with van der Waals surface area (Å²) in [6, 6.07) is 7.02. The number of amides is 2. The van der Waals surface area contributed by atoms with Gasteiger partial charge in [-0.1, -0.05) is 15.9 Å². The summed E-state index contributed by atoms with van der Waals surface area (Å²) >= 11 is 4.78. The van der Waals surface area contributed by atoms with Gasteiger partial charge in [0.2, 0.25) is 5.91 Å². The van der Waals surface area contributed by atoms with Crippen LogP contribution in [0.3, 0.4) is 0 Å². The molecule has 0 spiro atoms. The Morgan fingerprint density at radius 3 is 2.38 bits per heavy atom. The van der Waals surface area contributed by atoms with E-state index in [2.05, 4.69) is 26.2 Å². The van der Waals surface area contributed by atoms with Crippen LogP contribution in [0.25, 0.3) is 0 Å². The number of anilines is 1. The molecule has 1 N–H and O–H groups in total. The van der Waals surface area contributed by atoms with Crippen molar-refractivity contribution in [1.29, 1.82) is 0 Å². The Labute approximate surface area is 154 Å². The van der Waals surface area contributed by atoms with E-state index in [0.717, 1.165) is 15.0 Å². The fraction of sp³-hybridized carbons (Fsp3) is 0.353. The SMILES string of the molecule is Cc1nc(NC(=O)CN(C(=O)c2ccc(Br)cc2)C(C)C)sc1C. The predicted octanol–water partition coefficient (Wildman–Crippen LogP) is 4.01. The minimum atomic E-state index is -0.247. The maximum absolute atomic E-state index is 12.7. The molecule has 0 aliphatic carbocycles. The topological polar surface area (TPSA) is 62.3 Å². The zero-order chi connectivity index (χ0) is 17.9. The van der Waals surface area contributed by atoms with E-state index in [9.17, 15) is 9.59 Å². The van der Waals surface area contributed by atoms with Gasteiger partial charge in [-0.25, -0.2) is 4.98 Å². The normalized spacial score (nSPS) is 10.8. The number of benzene rings is 1. The predicted molar refractivity (Wildman–Crippen MR) is 101 cm³/mol. The van der Waals surface area contributed by atoms with E-state index >= 15 is 0 Å². The summed E-state index contributed by atoms with van der Waals surface area (Å²) in [5.74, 6) is -0.415. The third-order valence-electron chi connectivity index (χ3n) is 3.56. The molecule has 0 unspecified atom stereocenters. The molecule has 5 nitrogen and oxygen atoms in total. The van der Waals surface area contributed by atoms with E-state index in [1.165, 1.54) is 11.3 Å². The molecular weight excluding hydrogens is 390 g/mol. The molecule has 0 bridgehead atoms. The van der Waals surface area contributed by atoms with Crippen LogP contribution < -0.4 is 5.32 Å². The van der Waals surface area contributed by atoms with E-state index in [4.69, 9.17) is 0 Å². The largest absolute Gasteiger partial charge is 0.327 e. The van der Waals surface area contributed by atoms with E-state index in [1.54, 1.807) is 17.0 Å². The van der Waals surface area contributed by atoms with Crippen LogP contribution in [-0.2, 0) is 4.79 Å². The molecule has 0 radical (unpaired) electrons. The van der Waals surface area contributed by atoms with E-state index in [-0.39, 0.29) is 24.4 Å². The van der Waals surface area contributed by atoms with Crippen LogP contribution in [0.2, 0.25) is 0 Å². The number of carbonyl (C=O) groups excluding carboxylic acids is 2. The summed E-state index contributed by atoms with van der Waals surface area (Å²) in [4.78, 5) is 31.9. The van der Waals surface area contributed by atoms with Gasteiger partial charge in [-0.05, 0) is 52.0 Å². The molecule has 2 rings (SSSR count). The zero-order valence-corrected chi connectivity index (χ0v) is 16.5. The fourth-order valence-electron chi connectivity index (χ4n) is 2.09. The first kappa shape index (κ1) is 18.6. The van der Waals surface area contributed by atoms with Crippen molar-refractivity contribution < 1.29 is 9.59 Å². The van der Waals surface area contributed by atoms with Gasteiger partial charge >= 0.3 is 0 Å². The maximum Gasteiger partial charge on any atom is 0.254 e. The van der Waals surface area contributed by atoms with Gasteiger partial charge in [0.15, 0.2) is 5.13 Å². The first-order chi connectivity index (χ1) is 11.3. The molecule has 0 fully saturated rings. The summed E-state index contributed by atoms with van der Waals surface area (Å²) < 4.78 is 0.905. The molecule has 2 amide bonds. The first-order valence-corrected chi connectivity index (χ1v) is 9.19. The highest BCUT2D eigenvalue weighted by Gasteiger charge is 2.22. The number of aromatic nitrogens is 1. The lowest BCUT2D eigenvalue weighted by atomic mass is 10.1. The van der Waals surface area contributed by atoms with Crippen LogP contribution in [0.4, 0.5) is 5.13 Å². The molecule has 7 heteroatoms. The second-order valence-electron chi connectivity index (χ2n) is 5.74. The molecule has 1 aromatic heterocycles. The van der Waals surface area contributed by atoms with Crippen molar-refractivity contribution in [3.8, 4) is 0 Å². The van der Waals surface area contributed by atoms with E-state index < -0.39 is 0 Å². The average molecular weight is 410 g/mol. The third kappa shape index (κ3) is 4.64. The highest BCUT2D eigenvalue weighted by atomic mass is 79.9. The molecule has 0 atom stereocenters. The monoisotopic (exact) mass is 409 g/mol. The van der Waals surface area contributed by atoms with Gasteiger partial charge in [0.1, 0.15) is 6.54 Å². The summed E-state index contributed by atoms with van der Waals surface area (Å²) in [5, 5.41) is 3.34. The van der Waals surface area contributed by atoms with Gasteiger partial charge in [0.05, 0.1) is 5.69 Å². The van der Waals surface area contributed by atoms with Crippen LogP contribution in [-0.4, -0.2) is 34.3 Å². The van der Waals surface area contributed by atoms with Crippen LogP contribution in [0.15, 0.2) is 28.7 Å². The second kappa shape index (κ2) is 7.90. The lowest BCUT2D eigenvalue weighted by molar-refractivity contribution is -0.117. The Bertz CT molecular complexity index is 721. The van der Waals surface area contributed by atoms with E-state index in [1.807, 2.05) is 39.8 Å². The highest BCUT2D eigenvalue weighted by Crippen LogP contribution is 2.21. The van der Waals surface area contributed by atoms with Crippen molar-refractivity contribution in [2.45, 2.75) is 33.7 Å². The quantitative estimate of drug-likeness (QED) is 0.810. The van der Waals surface area contributed by atoms with Crippen molar-refractivity contribution in [2.75, 3.05) is 11.9 Å². The first-order valence-electron chi connectivity index (χ1n) is 7.58. The minimum Gasteiger partial charge on any atom is -0.327 e. The average Bonchev–Trinajstić information content (AvgIpc) is 2.82. The second-order valence-corrected chi connectivity index (χ2v) is 7.86. The maximum atomic E-state index is 12.7. The van der Waals surface area contributed by atoms with Crippen LogP contribution in [0.5, 0.6) is 0 Å². The zero-order valence-electron chi connectivity index (χ0n) is 14.1. The molecule has 1 aromatic carbocycles. The number of thiazole rings is 1. The van der Waals surface area contributed by atoms with Crippen LogP contribution >= 0.6 is 27.3 Å². The Kier molecular flexibility index (Phi) is 6.12. The van der Waals surface area contributed by atoms with E-state index in [0.29, 0.717) is 10.7 Å². The number of halogens is 1. The number of nitrogens with one attached hydrogen (secondary N) is 1. The lowest BCUT2D eigenvalue weighted by Gasteiger charge is -2.26. The van der Waals surface area contributed by atoms with Crippen LogP contribution in [0, 0.1) is 13.8 Å². The molecule has 0 aliphatic heterocycles. The highest BCUT2D eigenvalue weighted by molar-refractivity contribution is 9.10. The summed E-state index contributed by atoms with van der Waals surface area (Å²) in [6.45, 7) is 7.63. The molecule has 0 saturated heterocycles. The Balaban J connectivity index is 2.08. The molecule has 2 aromatic rings. The van der Waals surface area contributed by atoms with Gasteiger partial charge in [0, 0.05) is 21.0 Å². The summed E-state index contributed by atoms with van der Waals surface area (Å²) in [7, 11) is 0. The van der Waals surface area contributed by atoms with Gasteiger partial charge in [-0.2, -0.15) is 0 Å². The Morgan fingerprint density at radius 2 is 1.88 bits per heavy atom. The fourth-order valence-corrected chi connectivity index (χ4v) is 3.18. The number of rotatable bonds is 5. The molecule has 128 valence electrons. The van der Waals surface area contributed by atoms with Crippen molar-refractivity contribution >= 4 is 44.2 Å². The Hall–Kier alpha value is -1.73. The smallest absolute Gasteiger partial charge is 0.254 e. The third-order valence-corrected chi connectivity index (χ3v) is 5.08. The van der Waals surface area contributed by atoms with Crippen molar-refractivity contribution in [3.63, 3.8) is 0 Å². The van der Waals surface area contributed by atoms with Gasteiger partial charge < -0.3 is 10.2 Å². The summed E-state index contributed by atoms with van der Waals surface area (Å²) in [5.41, 5.74) is 1.46. The molecule has 1 heterocycles. The number of nitrogens with zero attached hydrogens (tertiary/aromatic N) is 2. The number of hydrogen-bond donors (Lipinski definition) is 1. The number of hydrogen-bond acceptors (Lipinski definition) is 4. The van der Waals surface area contributed by atoms with Crippen molar-refractivity contribution in [1.82, 2.24) is 9.88 Å². The van der Waals surface area contributed by atoms with Crippen molar-refractivity contribution in [3.05, 3.63) is 44.9 Å². The number of aryl methyl sites for hydroxylation is 2. The van der Waals surface area contributed by atoms with Gasteiger partial charge in [-0.15, -0.1) is 11.3 Å². The molecule has 0 saturated carbocycles. The van der Waals surface area contributed by atoms with Crippen LogP contribution in [0.1, 0.15) is 34.8 Å². The van der Waals surface area contributed by atoms with Gasteiger partial charge in [0.25, 0.3) is 5.91 Å². The minimum absolute atomic E-state index is 0.00968. The number of carbonyl (C=O) groups is 2. The molecular formula is C17H20BrN3O2S. The lowest BCUT2D eigenvalue weighted by Crippen LogP contribution is -2.42. The Morgan fingerprint density at radius 1 is 1.25 bits per heavy atom. The summed E-state index contributed by atoms with van der Waals surface area (Å²) in [6.07, 6.45) is 0. The van der Waals surface area contributed by atoms with Crippen molar-refractivity contribution in [2.24, 2.45) is 0 Å². The molecule has 0 aliphatic rings. The standard InChI is InChI=1S/C17H20BrN3O2S/c1-10(2)21(16(23)13-5-7-14(18)8-6-13)9-15(22)20-17-19-11(3)12(4)24-17/h5-8,10H,9H2,1-4H3,(H,19,20,22). The molecule has 24 heavy (non-hydrogen) atoms. The van der Waals surface area contributed by atoms with Gasteiger partial charge in [-0.3, -0.25) is 9.59 Å².